The summed E-state index contributed by atoms with van der Waals surface area (Å²) in [4.78, 5) is 34.2. The lowest BCUT2D eigenvalue weighted by atomic mass is 10.0. The minimum absolute atomic E-state index is 0.191. The summed E-state index contributed by atoms with van der Waals surface area (Å²) in [6, 6.07) is 5.56. The number of pyridine rings is 1. The van der Waals surface area contributed by atoms with Gasteiger partial charge in [-0.2, -0.15) is 0 Å². The van der Waals surface area contributed by atoms with Crippen molar-refractivity contribution in [3.8, 4) is 5.75 Å². The molecule has 0 unspecified atom stereocenters. The maximum atomic E-state index is 12.9. The zero-order chi connectivity index (χ0) is 22.9. The summed E-state index contributed by atoms with van der Waals surface area (Å²) >= 11 is 1.13. The SMILES string of the molecule is COc1cc(C(=O)Nc2c(C)cc(C)cc2C)nc2sc(NC(=O)OC(C)(C)C)nc12. The van der Waals surface area contributed by atoms with Gasteiger partial charge >= 0.3 is 6.09 Å². The van der Waals surface area contributed by atoms with E-state index in [9.17, 15) is 9.59 Å². The number of hydrogen-bond donors (Lipinski definition) is 2. The van der Waals surface area contributed by atoms with Crippen LogP contribution in [0.4, 0.5) is 15.6 Å². The third kappa shape index (κ3) is 5.29. The lowest BCUT2D eigenvalue weighted by Gasteiger charge is -2.18. The third-order valence-electron chi connectivity index (χ3n) is 4.31. The number of aryl methyl sites for hydroxylation is 3. The molecular weight excluding hydrogens is 416 g/mol. The molecule has 0 saturated heterocycles. The van der Waals surface area contributed by atoms with E-state index in [1.807, 2.05) is 32.9 Å². The highest BCUT2D eigenvalue weighted by atomic mass is 32.1. The van der Waals surface area contributed by atoms with Gasteiger partial charge in [0.15, 0.2) is 5.13 Å². The van der Waals surface area contributed by atoms with E-state index in [1.165, 1.54) is 13.2 Å². The van der Waals surface area contributed by atoms with E-state index >= 15 is 0 Å². The fraction of sp³-hybridized carbons (Fsp3) is 0.364. The van der Waals surface area contributed by atoms with E-state index in [1.54, 1.807) is 20.8 Å². The number of fused-ring (bicyclic) bond motifs is 1. The molecule has 0 radical (unpaired) electrons. The van der Waals surface area contributed by atoms with E-state index in [-0.39, 0.29) is 11.6 Å². The highest BCUT2D eigenvalue weighted by Crippen LogP contribution is 2.32. The molecule has 0 aliphatic heterocycles. The van der Waals surface area contributed by atoms with E-state index in [2.05, 4.69) is 20.6 Å². The second-order valence-corrected chi connectivity index (χ2v) is 9.21. The summed E-state index contributed by atoms with van der Waals surface area (Å²) < 4.78 is 10.7. The van der Waals surface area contributed by atoms with Gasteiger partial charge in [-0.25, -0.2) is 14.8 Å². The molecular formula is C22H26N4O4S. The normalized spacial score (nSPS) is 11.3. The topological polar surface area (TPSA) is 102 Å². The molecule has 2 amide bonds. The van der Waals surface area contributed by atoms with E-state index in [0.717, 1.165) is 33.7 Å². The van der Waals surface area contributed by atoms with Gasteiger partial charge in [0, 0.05) is 11.8 Å². The Balaban J connectivity index is 1.90. The monoisotopic (exact) mass is 442 g/mol. The Morgan fingerprint density at radius 1 is 1.00 bits per heavy atom. The number of rotatable bonds is 4. The van der Waals surface area contributed by atoms with Crippen molar-refractivity contribution in [1.82, 2.24) is 9.97 Å². The number of carbonyl (C=O) groups excluding carboxylic acids is 2. The molecule has 0 spiro atoms. The van der Waals surface area contributed by atoms with Crippen LogP contribution in [0.2, 0.25) is 0 Å². The average molecular weight is 443 g/mol. The highest BCUT2D eigenvalue weighted by molar-refractivity contribution is 7.22. The number of carbonyl (C=O) groups is 2. The van der Waals surface area contributed by atoms with Crippen LogP contribution in [-0.4, -0.2) is 34.7 Å². The third-order valence-corrected chi connectivity index (χ3v) is 5.17. The molecule has 2 N–H and O–H groups in total. The lowest BCUT2D eigenvalue weighted by molar-refractivity contribution is 0.0635. The minimum atomic E-state index is -0.631. The second kappa shape index (κ2) is 8.50. The molecule has 0 atom stereocenters. The highest BCUT2D eigenvalue weighted by Gasteiger charge is 2.21. The van der Waals surface area contributed by atoms with Crippen molar-refractivity contribution >= 4 is 44.5 Å². The number of nitrogens with one attached hydrogen (secondary N) is 2. The number of ether oxygens (including phenoxy) is 2. The molecule has 3 rings (SSSR count). The number of methoxy groups -OCH3 is 1. The Kier molecular flexibility index (Phi) is 6.17. The van der Waals surface area contributed by atoms with E-state index in [4.69, 9.17) is 9.47 Å². The van der Waals surface area contributed by atoms with Crippen LogP contribution in [0.5, 0.6) is 5.75 Å². The van der Waals surface area contributed by atoms with Gasteiger partial charge in [-0.3, -0.25) is 10.1 Å². The lowest BCUT2D eigenvalue weighted by Crippen LogP contribution is -2.27. The van der Waals surface area contributed by atoms with Gasteiger partial charge in [-0.05, 0) is 52.7 Å². The molecule has 0 bridgehead atoms. The number of benzene rings is 1. The number of amides is 2. The number of nitrogens with zero attached hydrogens (tertiary/aromatic N) is 2. The summed E-state index contributed by atoms with van der Waals surface area (Å²) in [5.74, 6) is 0.0336. The second-order valence-electron chi connectivity index (χ2n) is 8.24. The Morgan fingerprint density at radius 2 is 1.65 bits per heavy atom. The minimum Gasteiger partial charge on any atom is -0.494 e. The molecule has 3 aromatic rings. The van der Waals surface area contributed by atoms with E-state index in [0.29, 0.717) is 21.2 Å². The van der Waals surface area contributed by atoms with Crippen molar-refractivity contribution in [3.05, 3.63) is 40.6 Å². The first-order chi connectivity index (χ1) is 14.5. The van der Waals surface area contributed by atoms with Gasteiger partial charge in [0.25, 0.3) is 5.91 Å². The quantitative estimate of drug-likeness (QED) is 0.574. The molecule has 9 heteroatoms. The Hall–Kier alpha value is -3.20. The summed E-state index contributed by atoms with van der Waals surface area (Å²) in [6.07, 6.45) is -0.617. The first-order valence-corrected chi connectivity index (χ1v) is 10.5. The van der Waals surface area contributed by atoms with Gasteiger partial charge in [-0.15, -0.1) is 0 Å². The van der Waals surface area contributed by atoms with Crippen LogP contribution in [0.25, 0.3) is 10.3 Å². The smallest absolute Gasteiger partial charge is 0.413 e. The summed E-state index contributed by atoms with van der Waals surface area (Å²) in [5, 5.41) is 5.84. The first-order valence-electron chi connectivity index (χ1n) is 9.71. The van der Waals surface area contributed by atoms with Gasteiger partial charge < -0.3 is 14.8 Å². The molecule has 8 nitrogen and oxygen atoms in total. The maximum absolute atomic E-state index is 12.9. The largest absolute Gasteiger partial charge is 0.494 e. The predicted molar refractivity (Wildman–Crippen MR) is 122 cm³/mol. The Bertz CT molecular complexity index is 1140. The van der Waals surface area contributed by atoms with Crippen LogP contribution in [0.1, 0.15) is 48.0 Å². The zero-order valence-electron chi connectivity index (χ0n) is 18.7. The Morgan fingerprint density at radius 3 is 2.23 bits per heavy atom. The molecule has 1 aromatic carbocycles. The summed E-state index contributed by atoms with van der Waals surface area (Å²) in [7, 11) is 1.49. The number of anilines is 2. The summed E-state index contributed by atoms with van der Waals surface area (Å²) in [5.41, 5.74) is 3.85. The van der Waals surface area contributed by atoms with Gasteiger partial charge in [-0.1, -0.05) is 29.0 Å². The van der Waals surface area contributed by atoms with Crippen molar-refractivity contribution < 1.29 is 19.1 Å². The predicted octanol–water partition coefficient (Wildman–Crippen LogP) is 5.22. The van der Waals surface area contributed by atoms with Crippen molar-refractivity contribution in [3.63, 3.8) is 0 Å². The number of thiazole rings is 1. The molecule has 2 heterocycles. The van der Waals surface area contributed by atoms with Crippen molar-refractivity contribution in [2.75, 3.05) is 17.7 Å². The van der Waals surface area contributed by atoms with E-state index < -0.39 is 11.7 Å². The Labute approximate surface area is 185 Å². The molecule has 0 fully saturated rings. The van der Waals surface area contributed by atoms with Gasteiger partial charge in [0.2, 0.25) is 0 Å². The fourth-order valence-corrected chi connectivity index (χ4v) is 3.99. The van der Waals surface area contributed by atoms with Crippen LogP contribution < -0.4 is 15.4 Å². The number of hydrogen-bond acceptors (Lipinski definition) is 7. The molecule has 164 valence electrons. The molecule has 0 aliphatic carbocycles. The first kappa shape index (κ1) is 22.5. The van der Waals surface area contributed by atoms with Crippen molar-refractivity contribution in [1.29, 1.82) is 0 Å². The van der Waals surface area contributed by atoms with Crippen LogP contribution in [-0.2, 0) is 4.74 Å². The van der Waals surface area contributed by atoms with Crippen molar-refractivity contribution in [2.45, 2.75) is 47.1 Å². The van der Waals surface area contributed by atoms with Gasteiger partial charge in [0.1, 0.15) is 27.4 Å². The summed E-state index contributed by atoms with van der Waals surface area (Å²) in [6.45, 7) is 11.2. The molecule has 31 heavy (non-hydrogen) atoms. The van der Waals surface area contributed by atoms with Crippen LogP contribution >= 0.6 is 11.3 Å². The fourth-order valence-electron chi connectivity index (χ4n) is 3.15. The van der Waals surface area contributed by atoms with Crippen LogP contribution in [0.15, 0.2) is 18.2 Å². The van der Waals surface area contributed by atoms with Crippen LogP contribution in [0.3, 0.4) is 0 Å². The standard InChI is InChI=1S/C22H26N4O4S/c1-11-8-12(2)16(13(3)9-11)24-18(27)14-10-15(29-7)17-19(23-14)31-20(25-17)26-21(28)30-22(4,5)6/h8-10H,1-7H3,(H,24,27)(H,25,26,28). The maximum Gasteiger partial charge on any atom is 0.413 e. The molecule has 2 aromatic heterocycles. The zero-order valence-corrected chi connectivity index (χ0v) is 19.5. The van der Waals surface area contributed by atoms with Crippen LogP contribution in [0, 0.1) is 20.8 Å². The molecule has 0 aliphatic rings. The van der Waals surface area contributed by atoms with Gasteiger partial charge in [0.05, 0.1) is 7.11 Å². The van der Waals surface area contributed by atoms with Crippen molar-refractivity contribution in [2.24, 2.45) is 0 Å². The molecule has 0 saturated carbocycles. The number of aromatic nitrogens is 2. The average Bonchev–Trinajstić information content (AvgIpc) is 3.03.